The van der Waals surface area contributed by atoms with Crippen molar-refractivity contribution in [2.24, 2.45) is 0 Å². The lowest BCUT2D eigenvalue weighted by Crippen LogP contribution is -2.20. The second-order valence-electron chi connectivity index (χ2n) is 3.70. The van der Waals surface area contributed by atoms with Crippen LogP contribution in [0.5, 0.6) is 0 Å². The van der Waals surface area contributed by atoms with Gasteiger partial charge in [0.2, 0.25) is 0 Å². The fourth-order valence-corrected chi connectivity index (χ4v) is 1.46. The molecule has 106 valence electrons. The molecule has 1 unspecified atom stereocenters. The summed E-state index contributed by atoms with van der Waals surface area (Å²) in [6, 6.07) is 0. The first-order chi connectivity index (χ1) is 8.83. The molecule has 1 N–H and O–H groups in total. The number of aromatic nitrogens is 2. The molecule has 0 saturated carbocycles. The Morgan fingerprint density at radius 2 is 2.26 bits per heavy atom. The molecule has 0 aliphatic carbocycles. The van der Waals surface area contributed by atoms with Crippen LogP contribution in [-0.2, 0) is 16.0 Å². The molecule has 1 aromatic rings. The molecule has 1 rings (SSSR count). The lowest BCUT2D eigenvalue weighted by atomic mass is 10.1. The number of halogens is 3. The zero-order chi connectivity index (χ0) is 14.5. The largest absolute Gasteiger partial charge is 0.464 e. The highest BCUT2D eigenvalue weighted by atomic mass is 19.4. The van der Waals surface area contributed by atoms with Gasteiger partial charge in [0.05, 0.1) is 4.92 Å². The van der Waals surface area contributed by atoms with Gasteiger partial charge < -0.3 is 4.74 Å². The minimum absolute atomic E-state index is 0.0130. The van der Waals surface area contributed by atoms with Crippen LogP contribution in [0.3, 0.4) is 0 Å². The third-order valence-electron chi connectivity index (χ3n) is 2.32. The lowest BCUT2D eigenvalue weighted by Gasteiger charge is -2.15. The summed E-state index contributed by atoms with van der Waals surface area (Å²) in [5.41, 5.74) is -0.342. The molecule has 1 heterocycles. The standard InChI is InChI=1S/C9H10F3N3O4/c10-9(11,12)2-1-6(19-5-16)3-7-8(15(17)18)4-13-14-7/h4-6H,1-3H2,(H,13,14). The maximum atomic E-state index is 12.1. The third kappa shape index (κ3) is 4.94. The Labute approximate surface area is 104 Å². The minimum Gasteiger partial charge on any atom is -0.464 e. The first-order valence-electron chi connectivity index (χ1n) is 5.16. The molecule has 0 aliphatic heterocycles. The number of rotatable bonds is 7. The predicted octanol–water partition coefficient (Wildman–Crippen LogP) is 1.74. The molecule has 0 aliphatic rings. The molecule has 0 saturated heterocycles. The molecule has 1 aromatic heterocycles. The van der Waals surface area contributed by atoms with Crippen molar-refractivity contribution < 1.29 is 27.6 Å². The van der Waals surface area contributed by atoms with Crippen LogP contribution in [0.2, 0.25) is 0 Å². The number of carbonyl (C=O) groups excluding carboxylic acids is 1. The van der Waals surface area contributed by atoms with Crippen LogP contribution in [0.15, 0.2) is 6.20 Å². The predicted molar refractivity (Wildman–Crippen MR) is 55.2 cm³/mol. The molecule has 1 atom stereocenters. The quantitative estimate of drug-likeness (QED) is 0.466. The normalized spacial score (nSPS) is 13.0. The monoisotopic (exact) mass is 281 g/mol. The highest BCUT2D eigenvalue weighted by molar-refractivity contribution is 5.38. The van der Waals surface area contributed by atoms with Crippen LogP contribution < -0.4 is 0 Å². The van der Waals surface area contributed by atoms with Gasteiger partial charge in [-0.2, -0.15) is 18.3 Å². The number of alkyl halides is 3. The van der Waals surface area contributed by atoms with E-state index in [0.717, 1.165) is 6.20 Å². The zero-order valence-corrected chi connectivity index (χ0v) is 9.51. The van der Waals surface area contributed by atoms with Gasteiger partial charge in [0.25, 0.3) is 6.47 Å². The molecule has 0 aromatic carbocycles. The minimum atomic E-state index is -4.38. The summed E-state index contributed by atoms with van der Waals surface area (Å²) >= 11 is 0. The highest BCUT2D eigenvalue weighted by Crippen LogP contribution is 2.25. The van der Waals surface area contributed by atoms with Crippen molar-refractivity contribution in [2.45, 2.75) is 31.5 Å². The van der Waals surface area contributed by atoms with Gasteiger partial charge in [-0.3, -0.25) is 20.0 Å². The van der Waals surface area contributed by atoms with Crippen molar-refractivity contribution in [3.8, 4) is 0 Å². The summed E-state index contributed by atoms with van der Waals surface area (Å²) in [6.45, 7) is 0.0171. The number of carbonyl (C=O) groups is 1. The Kier molecular flexibility index (Phi) is 4.84. The van der Waals surface area contributed by atoms with E-state index in [1.807, 2.05) is 0 Å². The molecule has 0 fully saturated rings. The van der Waals surface area contributed by atoms with Crippen LogP contribution in [0.4, 0.5) is 18.9 Å². The number of H-pyrrole nitrogens is 1. The SMILES string of the molecule is O=COC(CCC(F)(F)F)Cc1[nH]ncc1[N+](=O)[O-]. The number of nitro groups is 1. The van der Waals surface area contributed by atoms with Crippen molar-refractivity contribution in [1.82, 2.24) is 10.2 Å². The van der Waals surface area contributed by atoms with Gasteiger partial charge in [-0.15, -0.1) is 0 Å². The second-order valence-corrected chi connectivity index (χ2v) is 3.70. The Morgan fingerprint density at radius 1 is 1.58 bits per heavy atom. The van der Waals surface area contributed by atoms with Gasteiger partial charge in [0.15, 0.2) is 0 Å². The molecule has 0 bridgehead atoms. The van der Waals surface area contributed by atoms with E-state index in [9.17, 15) is 28.1 Å². The lowest BCUT2D eigenvalue weighted by molar-refractivity contribution is -0.385. The number of nitrogens with zero attached hydrogens (tertiary/aromatic N) is 2. The summed E-state index contributed by atoms with van der Waals surface area (Å²) in [4.78, 5) is 20.1. The second kappa shape index (κ2) is 6.16. The van der Waals surface area contributed by atoms with E-state index in [2.05, 4.69) is 14.9 Å². The summed E-state index contributed by atoms with van der Waals surface area (Å²) < 4.78 is 40.7. The van der Waals surface area contributed by atoms with E-state index in [-0.39, 0.29) is 24.3 Å². The number of aromatic amines is 1. The molecular weight excluding hydrogens is 271 g/mol. The Hall–Kier alpha value is -2.13. The first kappa shape index (κ1) is 14.9. The Bertz CT molecular complexity index is 446. The van der Waals surface area contributed by atoms with E-state index in [4.69, 9.17) is 0 Å². The molecule has 19 heavy (non-hydrogen) atoms. The van der Waals surface area contributed by atoms with Crippen LogP contribution in [-0.4, -0.2) is 33.9 Å². The van der Waals surface area contributed by atoms with Crippen LogP contribution >= 0.6 is 0 Å². The van der Waals surface area contributed by atoms with Crippen LogP contribution in [0.25, 0.3) is 0 Å². The summed E-state index contributed by atoms with van der Waals surface area (Å²) in [6.07, 6.45) is -6.39. The van der Waals surface area contributed by atoms with Gasteiger partial charge in [-0.25, -0.2) is 0 Å². The first-order valence-corrected chi connectivity index (χ1v) is 5.16. The van der Waals surface area contributed by atoms with Gasteiger partial charge in [-0.1, -0.05) is 0 Å². The van der Waals surface area contributed by atoms with E-state index >= 15 is 0 Å². The Morgan fingerprint density at radius 3 is 2.79 bits per heavy atom. The van der Waals surface area contributed by atoms with E-state index < -0.39 is 30.0 Å². The molecule has 7 nitrogen and oxygen atoms in total. The van der Waals surface area contributed by atoms with Crippen molar-refractivity contribution in [1.29, 1.82) is 0 Å². The maximum Gasteiger partial charge on any atom is 0.389 e. The van der Waals surface area contributed by atoms with Crippen LogP contribution in [0.1, 0.15) is 18.5 Å². The highest BCUT2D eigenvalue weighted by Gasteiger charge is 2.30. The smallest absolute Gasteiger partial charge is 0.389 e. The summed E-state index contributed by atoms with van der Waals surface area (Å²) in [7, 11) is 0. The topological polar surface area (TPSA) is 98.1 Å². The maximum absolute atomic E-state index is 12.1. The molecule has 0 radical (unpaired) electrons. The van der Waals surface area contributed by atoms with E-state index in [1.54, 1.807) is 0 Å². The summed E-state index contributed by atoms with van der Waals surface area (Å²) in [5.74, 6) is 0. The molecule has 0 spiro atoms. The van der Waals surface area contributed by atoms with Crippen LogP contribution in [0, 0.1) is 10.1 Å². The van der Waals surface area contributed by atoms with Gasteiger partial charge >= 0.3 is 11.9 Å². The number of nitrogens with one attached hydrogen (secondary N) is 1. The van der Waals surface area contributed by atoms with Crippen molar-refractivity contribution in [3.63, 3.8) is 0 Å². The molecule has 0 amide bonds. The zero-order valence-electron chi connectivity index (χ0n) is 9.51. The fourth-order valence-electron chi connectivity index (χ4n) is 1.46. The van der Waals surface area contributed by atoms with Crippen molar-refractivity contribution in [2.75, 3.05) is 0 Å². The van der Waals surface area contributed by atoms with Crippen molar-refractivity contribution >= 4 is 12.2 Å². The van der Waals surface area contributed by atoms with E-state index in [0.29, 0.717) is 0 Å². The van der Waals surface area contributed by atoms with Gasteiger partial charge in [0, 0.05) is 12.8 Å². The fraction of sp³-hybridized carbons (Fsp3) is 0.556. The number of hydrogen-bond donors (Lipinski definition) is 1. The van der Waals surface area contributed by atoms with Gasteiger partial charge in [-0.05, 0) is 6.42 Å². The average Bonchev–Trinajstić information content (AvgIpc) is 2.73. The number of ether oxygens (including phenoxy) is 1. The number of hydrogen-bond acceptors (Lipinski definition) is 5. The Balaban J connectivity index is 2.69. The van der Waals surface area contributed by atoms with Crippen molar-refractivity contribution in [3.05, 3.63) is 22.0 Å². The molecular formula is C9H10F3N3O4. The average molecular weight is 281 g/mol. The summed E-state index contributed by atoms with van der Waals surface area (Å²) in [5, 5.41) is 16.3. The third-order valence-corrected chi connectivity index (χ3v) is 2.32. The van der Waals surface area contributed by atoms with Gasteiger partial charge in [0.1, 0.15) is 18.0 Å². The van der Waals surface area contributed by atoms with E-state index in [1.165, 1.54) is 0 Å². The molecule has 10 heteroatoms.